The van der Waals surface area contributed by atoms with Crippen molar-refractivity contribution in [2.75, 3.05) is 0 Å². The average molecular weight is 536 g/mol. The maximum absolute atomic E-state index is 6.50. The van der Waals surface area contributed by atoms with E-state index in [-0.39, 0.29) is 0 Å². The minimum Gasteiger partial charge on any atom is -0.202 e. The third-order valence-electron chi connectivity index (χ3n) is 5.66. The van der Waals surface area contributed by atoms with Crippen molar-refractivity contribution in [3.63, 3.8) is 0 Å². The molecule has 1 unspecified atom stereocenters. The molecule has 0 heterocycles. The molecule has 0 N–H and O–H groups in total. The second kappa shape index (κ2) is 35.2. The second-order valence-electron chi connectivity index (χ2n) is 9.24. The van der Waals surface area contributed by atoms with Gasteiger partial charge in [-0.15, -0.1) is 13.2 Å². The Bertz CT molecular complexity index is 811. The molecule has 0 saturated carbocycles. The molecule has 0 saturated heterocycles. The molecule has 222 valence electrons. The van der Waals surface area contributed by atoms with Gasteiger partial charge in [0.2, 0.25) is 0 Å². The molecule has 1 aromatic rings. The number of benzene rings is 1. The summed E-state index contributed by atoms with van der Waals surface area (Å²) in [5.41, 5.74) is 9.22. The molecule has 0 fully saturated rings. The van der Waals surface area contributed by atoms with Gasteiger partial charge in [0.25, 0.3) is 0 Å². The highest BCUT2D eigenvalue weighted by Gasteiger charge is 2.10. The Morgan fingerprint density at radius 3 is 1.54 bits per heavy atom. The van der Waals surface area contributed by atoms with Crippen molar-refractivity contribution in [3.8, 4) is 6.57 Å². The van der Waals surface area contributed by atoms with Gasteiger partial charge in [0.15, 0.2) is 0 Å². The minimum atomic E-state index is 0.543. The van der Waals surface area contributed by atoms with Gasteiger partial charge in [0.05, 0.1) is 0 Å². The van der Waals surface area contributed by atoms with Crippen molar-refractivity contribution < 1.29 is 0 Å². The molecule has 0 aliphatic heterocycles. The molecule has 1 atom stereocenters. The third kappa shape index (κ3) is 35.1. The molecular weight excluding hydrogens is 470 g/mol. The fraction of sp³-hybridized carbons (Fsp3) is 0.500. The van der Waals surface area contributed by atoms with Crippen LogP contribution in [0.5, 0.6) is 0 Å². The first-order chi connectivity index (χ1) is 18.5. The zero-order valence-electron chi connectivity index (χ0n) is 28.2. The van der Waals surface area contributed by atoms with Crippen molar-refractivity contribution in [3.05, 3.63) is 102 Å². The summed E-state index contributed by atoms with van der Waals surface area (Å²) in [5.74, 6) is 0.543. The quantitative estimate of drug-likeness (QED) is 0.204. The summed E-state index contributed by atoms with van der Waals surface area (Å²) in [5, 5.41) is 6.50. The fourth-order valence-corrected chi connectivity index (χ4v) is 2.60. The highest BCUT2D eigenvalue weighted by Crippen LogP contribution is 2.23. The highest BCUT2D eigenvalue weighted by atomic mass is 14.2. The summed E-state index contributed by atoms with van der Waals surface area (Å²) in [6, 6.07) is 8.58. The summed E-state index contributed by atoms with van der Waals surface area (Å²) in [7, 11) is 0. The first-order valence-corrected chi connectivity index (χ1v) is 14.7. The molecule has 0 bridgehead atoms. The molecular formula is C38H65N. The normalized spacial score (nSPS) is 10.4. The van der Waals surface area contributed by atoms with Crippen LogP contribution in [-0.2, 0) is 6.42 Å². The smallest absolute Gasteiger partial charge is 0.0462 e. The number of hydrogen-bond acceptors (Lipinski definition) is 1. The van der Waals surface area contributed by atoms with E-state index in [9.17, 15) is 0 Å². The maximum atomic E-state index is 6.50. The van der Waals surface area contributed by atoms with Crippen molar-refractivity contribution in [2.45, 2.75) is 122 Å². The summed E-state index contributed by atoms with van der Waals surface area (Å²) >= 11 is 0. The molecule has 1 rings (SSSR count). The van der Waals surface area contributed by atoms with E-state index < -0.39 is 0 Å². The van der Waals surface area contributed by atoms with Crippen molar-refractivity contribution >= 4 is 6.08 Å². The van der Waals surface area contributed by atoms with E-state index >= 15 is 0 Å². The minimum absolute atomic E-state index is 0.543. The predicted molar refractivity (Wildman–Crippen MR) is 185 cm³/mol. The first kappa shape index (κ1) is 46.0. The van der Waals surface area contributed by atoms with E-state index in [1.165, 1.54) is 39.0 Å². The standard InChI is InChI=1S/C18H24.C10H18.C5H10.2C2H6.CHN/c1-6-16-8-7-9-17(12-16)13-18(15(4)5)11-10-14(2)3;1-5-9(3)7-8-10(4)6-2;1-4-5(2)3;3*1-2/h6-9,12,18H,1-2,4,10-11,13H2,3,5H3;7-8H,5-6H2,1-4H3;2,4H2,1,3H3;2*1-2H3;1H/b;9-7+,10-8+;;;;. The Balaban J connectivity index is -0.000000155. The molecule has 0 aliphatic rings. The summed E-state index contributed by atoms with van der Waals surface area (Å²) in [6.07, 6.45) is 13.0. The van der Waals surface area contributed by atoms with Crippen LogP contribution >= 0.6 is 0 Å². The summed E-state index contributed by atoms with van der Waals surface area (Å²) in [4.78, 5) is 0. The number of nitrogens with zero attached hydrogens (tertiary/aromatic N) is 1. The van der Waals surface area contributed by atoms with Crippen LogP contribution in [-0.4, -0.2) is 0 Å². The van der Waals surface area contributed by atoms with E-state index in [1.807, 2.05) is 40.7 Å². The van der Waals surface area contributed by atoms with Crippen LogP contribution in [0.2, 0.25) is 0 Å². The van der Waals surface area contributed by atoms with Crippen LogP contribution in [0.1, 0.15) is 126 Å². The van der Waals surface area contributed by atoms with Gasteiger partial charge in [-0.2, -0.15) is 0 Å². The fourth-order valence-electron chi connectivity index (χ4n) is 2.60. The van der Waals surface area contributed by atoms with Crippen LogP contribution in [0.25, 0.3) is 6.08 Å². The van der Waals surface area contributed by atoms with Gasteiger partial charge in [-0.3, -0.25) is 0 Å². The second-order valence-corrected chi connectivity index (χ2v) is 9.24. The first-order valence-electron chi connectivity index (χ1n) is 14.7. The summed E-state index contributed by atoms with van der Waals surface area (Å²) < 4.78 is 0. The lowest BCUT2D eigenvalue weighted by atomic mass is 9.88. The Kier molecular flexibility index (Phi) is 41.5. The monoisotopic (exact) mass is 536 g/mol. The average Bonchev–Trinajstić information content (AvgIpc) is 2.97. The van der Waals surface area contributed by atoms with Gasteiger partial charge in [0.1, 0.15) is 0 Å². The van der Waals surface area contributed by atoms with Gasteiger partial charge in [-0.05, 0) is 90.2 Å². The molecule has 0 amide bonds. The van der Waals surface area contributed by atoms with Crippen LogP contribution < -0.4 is 0 Å². The van der Waals surface area contributed by atoms with Crippen LogP contribution in [0.4, 0.5) is 0 Å². The molecule has 0 aliphatic carbocycles. The van der Waals surface area contributed by atoms with Crippen molar-refractivity contribution in [1.29, 1.82) is 5.26 Å². The topological polar surface area (TPSA) is 23.8 Å². The number of rotatable bonds is 11. The Morgan fingerprint density at radius 1 is 0.795 bits per heavy atom. The van der Waals surface area contributed by atoms with E-state index in [4.69, 9.17) is 5.26 Å². The Morgan fingerprint density at radius 2 is 1.23 bits per heavy atom. The third-order valence-corrected chi connectivity index (χ3v) is 5.66. The maximum Gasteiger partial charge on any atom is 0.0462 e. The van der Waals surface area contributed by atoms with E-state index in [0.29, 0.717) is 5.92 Å². The lowest BCUT2D eigenvalue weighted by Gasteiger charge is -2.17. The zero-order valence-corrected chi connectivity index (χ0v) is 28.2. The van der Waals surface area contributed by atoms with Gasteiger partial charge < -0.3 is 0 Å². The predicted octanol–water partition coefficient (Wildman–Crippen LogP) is 13.3. The number of nitriles is 1. The van der Waals surface area contributed by atoms with Crippen molar-refractivity contribution in [1.82, 2.24) is 0 Å². The Labute approximate surface area is 246 Å². The molecule has 0 spiro atoms. The molecule has 0 radical (unpaired) electrons. The molecule has 1 heteroatoms. The lowest BCUT2D eigenvalue weighted by Crippen LogP contribution is -2.06. The van der Waals surface area contributed by atoms with E-state index in [0.717, 1.165) is 38.5 Å². The van der Waals surface area contributed by atoms with Gasteiger partial charge in [-0.25, -0.2) is 5.26 Å². The highest BCUT2D eigenvalue weighted by molar-refractivity contribution is 5.48. The van der Waals surface area contributed by atoms with Crippen LogP contribution in [0.15, 0.2) is 90.6 Å². The number of hydrogen-bond donors (Lipinski definition) is 0. The van der Waals surface area contributed by atoms with E-state index in [1.54, 1.807) is 0 Å². The molecule has 0 aromatic heterocycles. The lowest BCUT2D eigenvalue weighted by molar-refractivity contribution is 0.557. The Hall–Kier alpha value is -2.85. The van der Waals surface area contributed by atoms with E-state index in [2.05, 4.69) is 118 Å². The van der Waals surface area contributed by atoms with Gasteiger partial charge in [-0.1, -0.05) is 132 Å². The van der Waals surface area contributed by atoms with Gasteiger partial charge >= 0.3 is 0 Å². The van der Waals surface area contributed by atoms with Crippen molar-refractivity contribution in [2.24, 2.45) is 5.92 Å². The van der Waals surface area contributed by atoms with Gasteiger partial charge in [0, 0.05) is 6.57 Å². The largest absolute Gasteiger partial charge is 0.202 e. The zero-order chi connectivity index (χ0) is 31.8. The van der Waals surface area contributed by atoms with Crippen LogP contribution in [0.3, 0.4) is 0 Å². The molecule has 1 aromatic carbocycles. The van der Waals surface area contributed by atoms with Crippen LogP contribution in [0, 0.1) is 17.8 Å². The number of allylic oxidation sites excluding steroid dienone is 7. The SMILES string of the molecule is C#N.C=C(C)CC.C=Cc1cccc(CC(CCC(=C)C)C(=C)C)c1.CC.CC.CC/C(C)=C/C=C(\C)CC. The molecule has 39 heavy (non-hydrogen) atoms. The molecule has 1 nitrogen and oxygen atoms in total. The summed E-state index contributed by atoms with van der Waals surface area (Å²) in [6.45, 7) is 44.1.